The molecule has 2 aromatic rings. The van der Waals surface area contributed by atoms with Crippen LogP contribution in [0.2, 0.25) is 0 Å². The standard InChI is InChI=1S/C18H18FNO5S2/c19-13-1-3-14(4-2-13)26-15-5-7-16(8-6-15)27(23,24)18(17(21)20-22)9-11-25-12-10-18/h1-8,22H,9-12H2,(H,20,21). The normalized spacial score (nSPS) is 16.7. The lowest BCUT2D eigenvalue weighted by molar-refractivity contribution is -0.134. The Morgan fingerprint density at radius 1 is 1.04 bits per heavy atom. The van der Waals surface area contributed by atoms with E-state index in [2.05, 4.69) is 0 Å². The second-order valence-corrected chi connectivity index (χ2v) is 9.49. The highest BCUT2D eigenvalue weighted by Crippen LogP contribution is 2.36. The molecule has 0 saturated carbocycles. The maximum Gasteiger partial charge on any atom is 0.265 e. The maximum absolute atomic E-state index is 13.1. The van der Waals surface area contributed by atoms with Crippen LogP contribution in [0.25, 0.3) is 0 Å². The van der Waals surface area contributed by atoms with Gasteiger partial charge in [0, 0.05) is 23.0 Å². The molecule has 0 atom stereocenters. The van der Waals surface area contributed by atoms with Gasteiger partial charge in [0.05, 0.1) is 4.90 Å². The predicted molar refractivity (Wildman–Crippen MR) is 96.9 cm³/mol. The average Bonchev–Trinajstić information content (AvgIpc) is 2.70. The highest BCUT2D eigenvalue weighted by atomic mass is 32.2. The van der Waals surface area contributed by atoms with Crippen LogP contribution in [0.5, 0.6) is 0 Å². The SMILES string of the molecule is O=C(NO)C1(S(=O)(=O)c2ccc(Sc3ccc(F)cc3)cc2)CCOCC1. The number of rotatable bonds is 5. The Kier molecular flexibility index (Phi) is 5.85. The van der Waals surface area contributed by atoms with Gasteiger partial charge in [-0.05, 0) is 61.4 Å². The molecule has 1 fully saturated rings. The second-order valence-electron chi connectivity index (χ2n) is 6.08. The topological polar surface area (TPSA) is 92.7 Å². The van der Waals surface area contributed by atoms with Gasteiger partial charge in [-0.15, -0.1) is 0 Å². The Balaban J connectivity index is 1.88. The minimum absolute atomic E-state index is 0.00328. The molecule has 144 valence electrons. The molecule has 0 unspecified atom stereocenters. The summed E-state index contributed by atoms with van der Waals surface area (Å²) >= 11 is 1.36. The molecule has 3 rings (SSSR count). The van der Waals surface area contributed by atoms with Crippen molar-refractivity contribution in [2.45, 2.75) is 32.3 Å². The Bertz CT molecular complexity index is 908. The predicted octanol–water partition coefficient (Wildman–Crippen LogP) is 2.81. The molecular formula is C18H18FNO5S2. The van der Waals surface area contributed by atoms with Crippen molar-refractivity contribution in [3.05, 3.63) is 54.3 Å². The zero-order chi connectivity index (χ0) is 19.5. The van der Waals surface area contributed by atoms with E-state index in [9.17, 15) is 17.6 Å². The lowest BCUT2D eigenvalue weighted by atomic mass is 9.98. The summed E-state index contributed by atoms with van der Waals surface area (Å²) in [4.78, 5) is 13.8. The van der Waals surface area contributed by atoms with Crippen LogP contribution in [-0.2, 0) is 19.4 Å². The fourth-order valence-corrected chi connectivity index (χ4v) is 5.73. The molecule has 6 nitrogen and oxygen atoms in total. The van der Waals surface area contributed by atoms with Gasteiger partial charge in [-0.3, -0.25) is 10.0 Å². The molecule has 0 radical (unpaired) electrons. The molecule has 1 aliphatic rings. The maximum atomic E-state index is 13.1. The molecule has 9 heteroatoms. The Morgan fingerprint density at radius 3 is 2.07 bits per heavy atom. The van der Waals surface area contributed by atoms with Gasteiger partial charge >= 0.3 is 0 Å². The number of amides is 1. The highest BCUT2D eigenvalue weighted by molar-refractivity contribution is 7.99. The lowest BCUT2D eigenvalue weighted by Crippen LogP contribution is -2.54. The van der Waals surface area contributed by atoms with Gasteiger partial charge in [0.1, 0.15) is 5.82 Å². The van der Waals surface area contributed by atoms with Crippen molar-refractivity contribution in [3.8, 4) is 0 Å². The van der Waals surface area contributed by atoms with Gasteiger partial charge in [0.15, 0.2) is 14.6 Å². The summed E-state index contributed by atoms with van der Waals surface area (Å²) < 4.78 is 42.7. The molecule has 1 amide bonds. The molecule has 2 aromatic carbocycles. The van der Waals surface area contributed by atoms with Crippen LogP contribution in [0.15, 0.2) is 63.2 Å². The van der Waals surface area contributed by atoms with Gasteiger partial charge in [-0.1, -0.05) is 11.8 Å². The van der Waals surface area contributed by atoms with Gasteiger partial charge in [0.2, 0.25) is 0 Å². The number of carbonyl (C=O) groups is 1. The van der Waals surface area contributed by atoms with E-state index < -0.39 is 20.5 Å². The van der Waals surface area contributed by atoms with E-state index in [0.29, 0.717) is 0 Å². The van der Waals surface area contributed by atoms with Gasteiger partial charge < -0.3 is 4.74 Å². The third-order valence-electron chi connectivity index (χ3n) is 4.51. The van der Waals surface area contributed by atoms with Crippen molar-refractivity contribution < 1.29 is 27.5 Å². The van der Waals surface area contributed by atoms with E-state index in [1.54, 1.807) is 24.3 Å². The first-order valence-electron chi connectivity index (χ1n) is 8.19. The number of ether oxygens (including phenoxy) is 1. The van der Waals surface area contributed by atoms with Crippen LogP contribution in [0, 0.1) is 5.82 Å². The summed E-state index contributed by atoms with van der Waals surface area (Å²) in [7, 11) is -4.04. The van der Waals surface area contributed by atoms with Crippen LogP contribution in [-0.4, -0.2) is 37.5 Å². The zero-order valence-corrected chi connectivity index (χ0v) is 15.9. The number of hydrogen-bond donors (Lipinski definition) is 2. The molecule has 1 heterocycles. The molecule has 1 saturated heterocycles. The van der Waals surface area contributed by atoms with Crippen molar-refractivity contribution in [2.75, 3.05) is 13.2 Å². The quantitative estimate of drug-likeness (QED) is 0.581. The monoisotopic (exact) mass is 411 g/mol. The molecule has 27 heavy (non-hydrogen) atoms. The van der Waals surface area contributed by atoms with Crippen molar-refractivity contribution >= 4 is 27.5 Å². The minimum Gasteiger partial charge on any atom is -0.381 e. The first-order valence-corrected chi connectivity index (χ1v) is 10.5. The van der Waals surface area contributed by atoms with Crippen LogP contribution in [0.4, 0.5) is 4.39 Å². The Hall–Kier alpha value is -1.94. The summed E-state index contributed by atoms with van der Waals surface area (Å²) in [5, 5.41) is 9.06. The second kappa shape index (κ2) is 7.97. The van der Waals surface area contributed by atoms with E-state index in [1.807, 2.05) is 0 Å². The van der Waals surface area contributed by atoms with E-state index in [0.717, 1.165) is 9.79 Å². The number of sulfone groups is 1. The molecule has 1 aliphatic heterocycles. The number of nitrogens with one attached hydrogen (secondary N) is 1. The van der Waals surface area contributed by atoms with E-state index in [-0.39, 0.29) is 36.8 Å². The minimum atomic E-state index is -4.04. The lowest BCUT2D eigenvalue weighted by Gasteiger charge is -2.34. The van der Waals surface area contributed by atoms with Crippen LogP contribution < -0.4 is 5.48 Å². The third-order valence-corrected chi connectivity index (χ3v) is 8.04. The first-order chi connectivity index (χ1) is 12.9. The van der Waals surface area contributed by atoms with Gasteiger partial charge in [0.25, 0.3) is 5.91 Å². The van der Waals surface area contributed by atoms with E-state index in [4.69, 9.17) is 9.94 Å². The van der Waals surface area contributed by atoms with E-state index in [1.165, 1.54) is 41.5 Å². The number of carbonyl (C=O) groups excluding carboxylic acids is 1. The van der Waals surface area contributed by atoms with Gasteiger partial charge in [-0.25, -0.2) is 18.3 Å². The molecule has 0 spiro atoms. The number of benzene rings is 2. The Labute approximate surface area is 160 Å². The zero-order valence-electron chi connectivity index (χ0n) is 14.2. The van der Waals surface area contributed by atoms with E-state index >= 15 is 0 Å². The largest absolute Gasteiger partial charge is 0.381 e. The molecule has 0 bridgehead atoms. The fourth-order valence-electron chi connectivity index (χ4n) is 2.97. The number of hydroxylamine groups is 1. The summed E-state index contributed by atoms with van der Waals surface area (Å²) in [5.41, 5.74) is 1.49. The third kappa shape index (κ3) is 3.86. The van der Waals surface area contributed by atoms with Crippen molar-refractivity contribution in [2.24, 2.45) is 0 Å². The summed E-state index contributed by atoms with van der Waals surface area (Å²) in [5.74, 6) is -1.28. The number of halogens is 1. The molecule has 0 aromatic heterocycles. The fraction of sp³-hybridized carbons (Fsp3) is 0.278. The highest BCUT2D eigenvalue weighted by Gasteiger charge is 2.52. The smallest absolute Gasteiger partial charge is 0.265 e. The molecule has 0 aliphatic carbocycles. The first kappa shape index (κ1) is 19.8. The van der Waals surface area contributed by atoms with Gasteiger partial charge in [-0.2, -0.15) is 0 Å². The van der Waals surface area contributed by atoms with Crippen LogP contribution in [0.1, 0.15) is 12.8 Å². The van der Waals surface area contributed by atoms with Crippen LogP contribution >= 0.6 is 11.8 Å². The van der Waals surface area contributed by atoms with Crippen molar-refractivity contribution in [1.82, 2.24) is 5.48 Å². The van der Waals surface area contributed by atoms with Crippen molar-refractivity contribution in [3.63, 3.8) is 0 Å². The summed E-state index contributed by atoms with van der Waals surface area (Å²) in [6, 6.07) is 12.1. The van der Waals surface area contributed by atoms with Crippen molar-refractivity contribution in [1.29, 1.82) is 0 Å². The summed E-state index contributed by atoms with van der Waals surface area (Å²) in [6.07, 6.45) is -0.0678. The Morgan fingerprint density at radius 2 is 1.56 bits per heavy atom. The average molecular weight is 411 g/mol. The molecule has 2 N–H and O–H groups in total. The molecular weight excluding hydrogens is 393 g/mol. The summed E-state index contributed by atoms with van der Waals surface area (Å²) in [6.45, 7) is 0.232. The number of hydrogen-bond acceptors (Lipinski definition) is 6. The van der Waals surface area contributed by atoms with Crippen LogP contribution in [0.3, 0.4) is 0 Å².